The van der Waals surface area contributed by atoms with Gasteiger partial charge in [0, 0.05) is 7.05 Å². The van der Waals surface area contributed by atoms with E-state index < -0.39 is 21.7 Å². The molecule has 0 aliphatic heterocycles. The number of alkyl halides is 2. The van der Waals surface area contributed by atoms with Crippen LogP contribution in [-0.2, 0) is 9.84 Å². The SMILES string of the molecule is CNc1ncc(OC(F)F)c(Nc2cccc(C)c2S(=O)(=O)C(C)C)n1. The summed E-state index contributed by atoms with van der Waals surface area (Å²) in [5, 5.41) is 4.83. The normalized spacial score (nSPS) is 11.7. The molecule has 1 aromatic carbocycles. The van der Waals surface area contributed by atoms with Crippen molar-refractivity contribution < 1.29 is 21.9 Å². The van der Waals surface area contributed by atoms with Crippen molar-refractivity contribution in [1.29, 1.82) is 0 Å². The second-order valence-electron chi connectivity index (χ2n) is 5.71. The van der Waals surface area contributed by atoms with Crippen molar-refractivity contribution in [2.24, 2.45) is 0 Å². The number of anilines is 3. The van der Waals surface area contributed by atoms with Gasteiger partial charge in [-0.25, -0.2) is 13.4 Å². The maximum Gasteiger partial charge on any atom is 0.387 e. The minimum atomic E-state index is -3.62. The van der Waals surface area contributed by atoms with E-state index in [1.807, 2.05) is 0 Å². The molecule has 0 atom stereocenters. The lowest BCUT2D eigenvalue weighted by Crippen LogP contribution is -2.17. The van der Waals surface area contributed by atoms with Gasteiger partial charge in [-0.05, 0) is 32.4 Å². The molecule has 2 N–H and O–H groups in total. The molecule has 0 bridgehead atoms. The highest BCUT2D eigenvalue weighted by molar-refractivity contribution is 7.92. The number of nitrogens with zero attached hydrogens (tertiary/aromatic N) is 2. The maximum atomic E-state index is 12.7. The highest BCUT2D eigenvalue weighted by Gasteiger charge is 2.26. The van der Waals surface area contributed by atoms with Gasteiger partial charge in [-0.15, -0.1) is 0 Å². The van der Waals surface area contributed by atoms with Gasteiger partial charge in [0.05, 0.1) is 22.0 Å². The second kappa shape index (κ2) is 7.81. The molecule has 0 aliphatic carbocycles. The molecule has 2 aromatic rings. The van der Waals surface area contributed by atoms with Crippen LogP contribution in [0.3, 0.4) is 0 Å². The average molecular weight is 386 g/mol. The van der Waals surface area contributed by atoms with Crippen LogP contribution in [0.1, 0.15) is 19.4 Å². The van der Waals surface area contributed by atoms with Crippen molar-refractivity contribution >= 4 is 27.3 Å². The summed E-state index contributed by atoms with van der Waals surface area (Å²) in [6.45, 7) is 1.73. The molecule has 142 valence electrons. The van der Waals surface area contributed by atoms with Crippen LogP contribution < -0.4 is 15.4 Å². The lowest BCUT2D eigenvalue weighted by atomic mass is 10.2. The van der Waals surface area contributed by atoms with E-state index in [4.69, 9.17) is 0 Å². The number of hydrogen-bond acceptors (Lipinski definition) is 7. The zero-order chi connectivity index (χ0) is 19.5. The van der Waals surface area contributed by atoms with Crippen molar-refractivity contribution in [3.05, 3.63) is 30.0 Å². The standard InChI is InChI=1S/C16H20F2N4O3S/c1-9(2)26(23,24)13-10(3)6-5-7-11(13)21-14-12(25-15(17)18)8-20-16(19-4)22-14/h5-9,15H,1-4H3,(H2,19,20,21,22). The monoisotopic (exact) mass is 386 g/mol. The predicted octanol–water partition coefficient (Wildman–Crippen LogP) is 3.35. The number of benzene rings is 1. The van der Waals surface area contributed by atoms with Crippen LogP contribution in [0, 0.1) is 6.92 Å². The van der Waals surface area contributed by atoms with Crippen molar-refractivity contribution in [2.45, 2.75) is 37.5 Å². The Morgan fingerprint density at radius 3 is 2.50 bits per heavy atom. The smallest absolute Gasteiger partial charge is 0.387 e. The van der Waals surface area contributed by atoms with Crippen LogP contribution in [0.5, 0.6) is 5.75 Å². The summed E-state index contributed by atoms with van der Waals surface area (Å²) in [6.07, 6.45) is 1.08. The molecule has 0 amide bonds. The van der Waals surface area contributed by atoms with E-state index >= 15 is 0 Å². The summed E-state index contributed by atoms with van der Waals surface area (Å²) < 4.78 is 55.1. The molecule has 1 aromatic heterocycles. The van der Waals surface area contributed by atoms with E-state index in [1.165, 1.54) is 6.07 Å². The minimum absolute atomic E-state index is 0.0737. The number of aromatic nitrogens is 2. The Balaban J connectivity index is 2.58. The zero-order valence-corrected chi connectivity index (χ0v) is 15.6. The van der Waals surface area contributed by atoms with Gasteiger partial charge in [0.25, 0.3) is 0 Å². The fraction of sp³-hybridized carbons (Fsp3) is 0.375. The molecule has 10 heteroatoms. The van der Waals surface area contributed by atoms with Crippen LogP contribution in [0.15, 0.2) is 29.3 Å². The fourth-order valence-electron chi connectivity index (χ4n) is 2.25. The molecule has 0 radical (unpaired) electrons. The molecule has 0 saturated heterocycles. The van der Waals surface area contributed by atoms with E-state index in [0.717, 1.165) is 6.20 Å². The van der Waals surface area contributed by atoms with Crippen molar-refractivity contribution in [2.75, 3.05) is 17.7 Å². The van der Waals surface area contributed by atoms with Crippen LogP contribution in [-0.4, -0.2) is 37.3 Å². The first-order valence-corrected chi connectivity index (χ1v) is 9.31. The number of hydrogen-bond donors (Lipinski definition) is 2. The first-order chi connectivity index (χ1) is 12.2. The Kier molecular flexibility index (Phi) is 5.96. The van der Waals surface area contributed by atoms with Crippen LogP contribution >= 0.6 is 0 Å². The summed E-state index contributed by atoms with van der Waals surface area (Å²) in [7, 11) is -2.06. The zero-order valence-electron chi connectivity index (χ0n) is 14.7. The van der Waals surface area contributed by atoms with Crippen LogP contribution in [0.2, 0.25) is 0 Å². The van der Waals surface area contributed by atoms with E-state index in [2.05, 4.69) is 25.3 Å². The van der Waals surface area contributed by atoms with Gasteiger partial charge in [0.1, 0.15) is 0 Å². The lowest BCUT2D eigenvalue weighted by Gasteiger charge is -2.18. The lowest BCUT2D eigenvalue weighted by molar-refractivity contribution is -0.0497. The number of ether oxygens (including phenoxy) is 1. The summed E-state index contributed by atoms with van der Waals surface area (Å²) in [5.41, 5.74) is 0.751. The predicted molar refractivity (Wildman–Crippen MR) is 95.0 cm³/mol. The topological polar surface area (TPSA) is 93.2 Å². The molecule has 0 fully saturated rings. The Hall–Kier alpha value is -2.49. The Bertz CT molecular complexity index is 889. The molecule has 0 aliphatic rings. The summed E-state index contributed by atoms with van der Waals surface area (Å²) in [6, 6.07) is 4.86. The summed E-state index contributed by atoms with van der Waals surface area (Å²) in [4.78, 5) is 7.97. The molecule has 7 nitrogen and oxygen atoms in total. The van der Waals surface area contributed by atoms with Gasteiger partial charge in [0.2, 0.25) is 5.95 Å². The number of sulfone groups is 1. The number of nitrogens with one attached hydrogen (secondary N) is 2. The molecular weight excluding hydrogens is 366 g/mol. The molecule has 0 spiro atoms. The van der Waals surface area contributed by atoms with Gasteiger partial charge in [-0.3, -0.25) is 0 Å². The van der Waals surface area contributed by atoms with E-state index in [9.17, 15) is 17.2 Å². The molecule has 26 heavy (non-hydrogen) atoms. The third-order valence-corrected chi connectivity index (χ3v) is 5.92. The van der Waals surface area contributed by atoms with Gasteiger partial charge in [0.15, 0.2) is 21.4 Å². The van der Waals surface area contributed by atoms with E-state index in [-0.39, 0.29) is 28.1 Å². The molecule has 1 heterocycles. The number of halogens is 2. The fourth-order valence-corrected chi connectivity index (χ4v) is 3.67. The Labute approximate surface area is 150 Å². The Morgan fingerprint density at radius 1 is 1.23 bits per heavy atom. The van der Waals surface area contributed by atoms with Gasteiger partial charge in [-0.2, -0.15) is 13.8 Å². The largest absolute Gasteiger partial charge is 0.429 e. The van der Waals surface area contributed by atoms with Crippen molar-refractivity contribution in [3.8, 4) is 5.75 Å². The second-order valence-corrected chi connectivity index (χ2v) is 8.15. The average Bonchev–Trinajstić information content (AvgIpc) is 2.55. The summed E-state index contributed by atoms with van der Waals surface area (Å²) in [5.74, 6) is -0.209. The third kappa shape index (κ3) is 4.18. The van der Waals surface area contributed by atoms with Crippen molar-refractivity contribution in [3.63, 3.8) is 0 Å². The molecule has 0 saturated carbocycles. The first-order valence-electron chi connectivity index (χ1n) is 7.77. The van der Waals surface area contributed by atoms with Crippen LogP contribution in [0.4, 0.5) is 26.2 Å². The van der Waals surface area contributed by atoms with Gasteiger partial charge >= 0.3 is 6.61 Å². The van der Waals surface area contributed by atoms with E-state index in [0.29, 0.717) is 5.56 Å². The first kappa shape index (κ1) is 19.8. The Morgan fingerprint density at radius 2 is 1.92 bits per heavy atom. The van der Waals surface area contributed by atoms with Gasteiger partial charge in [-0.1, -0.05) is 12.1 Å². The van der Waals surface area contributed by atoms with Crippen LogP contribution in [0.25, 0.3) is 0 Å². The third-order valence-electron chi connectivity index (χ3n) is 3.56. The molecular formula is C16H20F2N4O3S. The highest BCUT2D eigenvalue weighted by atomic mass is 32.2. The summed E-state index contributed by atoms with van der Waals surface area (Å²) >= 11 is 0. The van der Waals surface area contributed by atoms with Crippen molar-refractivity contribution in [1.82, 2.24) is 9.97 Å². The molecule has 2 rings (SSSR count). The quantitative estimate of drug-likeness (QED) is 0.754. The number of rotatable bonds is 7. The van der Waals surface area contributed by atoms with Gasteiger partial charge < -0.3 is 15.4 Å². The maximum absolute atomic E-state index is 12.7. The number of aryl methyl sites for hydroxylation is 1. The molecule has 0 unspecified atom stereocenters. The van der Waals surface area contributed by atoms with E-state index in [1.54, 1.807) is 40.0 Å². The highest BCUT2D eigenvalue weighted by Crippen LogP contribution is 2.33. The minimum Gasteiger partial charge on any atom is -0.429 e.